The third-order valence-electron chi connectivity index (χ3n) is 2.07. The molecule has 1 heterocycles. The number of benzene rings is 1. The van der Waals surface area contributed by atoms with Crippen molar-refractivity contribution in [2.45, 2.75) is 0 Å². The predicted octanol–water partition coefficient (Wildman–Crippen LogP) is 3.82. The van der Waals surface area contributed by atoms with Crippen molar-refractivity contribution in [1.82, 2.24) is 4.98 Å². The van der Waals surface area contributed by atoms with Crippen LogP contribution in [0.25, 0.3) is 0 Å². The molecule has 17 heavy (non-hydrogen) atoms. The number of anilines is 1. The van der Waals surface area contributed by atoms with Crippen LogP contribution >= 0.6 is 27.5 Å². The van der Waals surface area contributed by atoms with Crippen LogP contribution in [0.4, 0.5) is 10.1 Å². The van der Waals surface area contributed by atoms with Gasteiger partial charge in [0.15, 0.2) is 0 Å². The molecule has 0 aliphatic rings. The van der Waals surface area contributed by atoms with Crippen LogP contribution in [0.1, 0.15) is 10.5 Å². The second kappa shape index (κ2) is 4.89. The first-order valence-electron chi connectivity index (χ1n) is 4.66. The maximum absolute atomic E-state index is 13.5. The average molecular weight is 318 g/mol. The third kappa shape index (κ3) is 2.87. The zero-order valence-corrected chi connectivity index (χ0v) is 10.8. The Balaban J connectivity index is 2.18. The van der Waals surface area contributed by atoms with Crippen LogP contribution in [0, 0.1) is 5.82 Å². The highest BCUT2D eigenvalue weighted by atomic mass is 79.9. The number of hydrogen-bond donors (Lipinski definition) is 2. The number of hydrogen-bond acceptors (Lipinski definition) is 1. The van der Waals surface area contributed by atoms with Gasteiger partial charge in [0.1, 0.15) is 11.5 Å². The largest absolute Gasteiger partial charge is 0.356 e. The molecule has 0 aliphatic carbocycles. The lowest BCUT2D eigenvalue weighted by atomic mass is 10.3. The summed E-state index contributed by atoms with van der Waals surface area (Å²) in [5, 5.41) is 2.86. The molecular formula is C11H7BrClFN2O. The van der Waals surface area contributed by atoms with Crippen molar-refractivity contribution < 1.29 is 9.18 Å². The van der Waals surface area contributed by atoms with Crippen molar-refractivity contribution in [3.63, 3.8) is 0 Å². The highest BCUT2D eigenvalue weighted by Crippen LogP contribution is 2.20. The summed E-state index contributed by atoms with van der Waals surface area (Å²) >= 11 is 8.80. The van der Waals surface area contributed by atoms with E-state index in [9.17, 15) is 9.18 Å². The van der Waals surface area contributed by atoms with Gasteiger partial charge in [-0.1, -0.05) is 27.5 Å². The lowest BCUT2D eigenvalue weighted by Gasteiger charge is -2.05. The molecule has 0 saturated carbocycles. The van der Waals surface area contributed by atoms with E-state index in [1.165, 1.54) is 24.4 Å². The van der Waals surface area contributed by atoms with E-state index < -0.39 is 11.7 Å². The van der Waals surface area contributed by atoms with E-state index in [1.54, 1.807) is 6.07 Å². The molecule has 1 aromatic carbocycles. The second-order valence-electron chi connectivity index (χ2n) is 3.31. The average Bonchev–Trinajstić information content (AvgIpc) is 2.69. The number of halogens is 3. The molecule has 0 fully saturated rings. The molecule has 88 valence electrons. The molecular weight excluding hydrogens is 310 g/mol. The Hall–Kier alpha value is -1.33. The van der Waals surface area contributed by atoms with E-state index >= 15 is 0 Å². The number of carbonyl (C=O) groups is 1. The summed E-state index contributed by atoms with van der Waals surface area (Å²) in [5.41, 5.74) is 0.390. The van der Waals surface area contributed by atoms with Crippen LogP contribution in [-0.2, 0) is 0 Å². The number of amides is 1. The van der Waals surface area contributed by atoms with Gasteiger partial charge in [0.05, 0.1) is 10.7 Å². The first-order chi connectivity index (χ1) is 8.06. The quantitative estimate of drug-likeness (QED) is 0.869. The van der Waals surface area contributed by atoms with Gasteiger partial charge in [0.25, 0.3) is 5.91 Å². The Kier molecular flexibility index (Phi) is 3.49. The second-order valence-corrected chi connectivity index (χ2v) is 4.66. The van der Waals surface area contributed by atoms with E-state index in [4.69, 9.17) is 11.6 Å². The van der Waals surface area contributed by atoms with Crippen molar-refractivity contribution in [2.75, 3.05) is 5.32 Å². The summed E-state index contributed by atoms with van der Waals surface area (Å²) in [4.78, 5) is 14.4. The Labute approximate surface area is 110 Å². The molecule has 3 nitrogen and oxygen atoms in total. The molecule has 2 N–H and O–H groups in total. The van der Waals surface area contributed by atoms with E-state index in [1.807, 2.05) is 0 Å². The molecule has 0 saturated heterocycles. The van der Waals surface area contributed by atoms with Gasteiger partial charge in [-0.05, 0) is 24.3 Å². The molecule has 0 aliphatic heterocycles. The van der Waals surface area contributed by atoms with Crippen LogP contribution in [0.2, 0.25) is 5.02 Å². The van der Waals surface area contributed by atoms with Gasteiger partial charge < -0.3 is 10.3 Å². The molecule has 0 spiro atoms. The van der Waals surface area contributed by atoms with Crippen LogP contribution in [0.15, 0.2) is 34.9 Å². The first kappa shape index (κ1) is 12.1. The minimum Gasteiger partial charge on any atom is -0.356 e. The maximum Gasteiger partial charge on any atom is 0.272 e. The standard InChI is InChI=1S/C11H7BrClFN2O/c12-6-1-2-9(8(14)3-6)16-11(17)10-4-7(13)5-15-10/h1-5,15H,(H,16,17). The van der Waals surface area contributed by atoms with Crippen molar-refractivity contribution in [3.05, 3.63) is 51.5 Å². The van der Waals surface area contributed by atoms with Crippen molar-refractivity contribution >= 4 is 39.1 Å². The van der Waals surface area contributed by atoms with E-state index in [-0.39, 0.29) is 11.4 Å². The summed E-state index contributed by atoms with van der Waals surface area (Å²) in [7, 11) is 0. The van der Waals surface area contributed by atoms with Crippen LogP contribution in [-0.4, -0.2) is 10.9 Å². The lowest BCUT2D eigenvalue weighted by Crippen LogP contribution is -2.13. The van der Waals surface area contributed by atoms with Crippen LogP contribution < -0.4 is 5.32 Å². The maximum atomic E-state index is 13.5. The zero-order valence-electron chi connectivity index (χ0n) is 8.43. The van der Waals surface area contributed by atoms with Crippen LogP contribution in [0.3, 0.4) is 0 Å². The number of H-pyrrole nitrogens is 1. The fourth-order valence-electron chi connectivity index (χ4n) is 1.28. The Bertz CT molecular complexity index is 570. The molecule has 0 atom stereocenters. The fourth-order valence-corrected chi connectivity index (χ4v) is 1.78. The third-order valence-corrected chi connectivity index (χ3v) is 2.78. The summed E-state index contributed by atoms with van der Waals surface area (Å²) in [5.74, 6) is -0.955. The number of rotatable bonds is 2. The number of aromatic amines is 1. The zero-order chi connectivity index (χ0) is 12.4. The van der Waals surface area contributed by atoms with E-state index in [2.05, 4.69) is 26.2 Å². The van der Waals surface area contributed by atoms with Crippen molar-refractivity contribution in [2.24, 2.45) is 0 Å². The Morgan fingerprint density at radius 2 is 2.18 bits per heavy atom. The minimum absolute atomic E-state index is 0.115. The van der Waals surface area contributed by atoms with Gasteiger partial charge in [-0.15, -0.1) is 0 Å². The monoisotopic (exact) mass is 316 g/mol. The number of carbonyl (C=O) groups excluding carboxylic acids is 1. The van der Waals surface area contributed by atoms with E-state index in [0.717, 1.165) is 0 Å². The molecule has 1 aromatic heterocycles. The summed E-state index contributed by atoms with van der Waals surface area (Å²) in [6.45, 7) is 0. The summed E-state index contributed by atoms with van der Waals surface area (Å²) in [6, 6.07) is 5.85. The minimum atomic E-state index is -0.509. The topological polar surface area (TPSA) is 44.9 Å². The van der Waals surface area contributed by atoms with Gasteiger partial charge in [0.2, 0.25) is 0 Å². The molecule has 6 heteroatoms. The number of aromatic nitrogens is 1. The first-order valence-corrected chi connectivity index (χ1v) is 5.83. The SMILES string of the molecule is O=C(Nc1ccc(Br)cc1F)c1cc(Cl)c[nH]1. The molecule has 2 aromatic rings. The van der Waals surface area contributed by atoms with Gasteiger partial charge >= 0.3 is 0 Å². The summed E-state index contributed by atoms with van der Waals surface area (Å²) < 4.78 is 14.1. The Morgan fingerprint density at radius 1 is 1.41 bits per heavy atom. The van der Waals surface area contributed by atoms with Gasteiger partial charge in [-0.25, -0.2) is 4.39 Å². The fraction of sp³-hybridized carbons (Fsp3) is 0. The van der Waals surface area contributed by atoms with Crippen LogP contribution in [0.5, 0.6) is 0 Å². The smallest absolute Gasteiger partial charge is 0.272 e. The normalized spacial score (nSPS) is 10.3. The Morgan fingerprint density at radius 3 is 2.76 bits per heavy atom. The highest BCUT2D eigenvalue weighted by Gasteiger charge is 2.11. The van der Waals surface area contributed by atoms with E-state index in [0.29, 0.717) is 9.50 Å². The molecule has 0 bridgehead atoms. The molecule has 2 rings (SSSR count). The van der Waals surface area contributed by atoms with Gasteiger partial charge in [0, 0.05) is 10.7 Å². The van der Waals surface area contributed by atoms with Gasteiger partial charge in [-0.2, -0.15) is 0 Å². The molecule has 0 unspecified atom stereocenters. The highest BCUT2D eigenvalue weighted by molar-refractivity contribution is 9.10. The molecule has 1 amide bonds. The molecule has 0 radical (unpaired) electrons. The van der Waals surface area contributed by atoms with Crippen molar-refractivity contribution in [3.8, 4) is 0 Å². The number of nitrogens with one attached hydrogen (secondary N) is 2. The lowest BCUT2D eigenvalue weighted by molar-refractivity contribution is 0.102. The van der Waals surface area contributed by atoms with Gasteiger partial charge in [-0.3, -0.25) is 4.79 Å². The predicted molar refractivity (Wildman–Crippen MR) is 67.9 cm³/mol. The van der Waals surface area contributed by atoms with Crippen molar-refractivity contribution in [1.29, 1.82) is 0 Å². The summed E-state index contributed by atoms with van der Waals surface area (Å²) in [6.07, 6.45) is 1.48.